The first-order chi connectivity index (χ1) is 13.5. The van der Waals surface area contributed by atoms with E-state index >= 15 is 0 Å². The fourth-order valence-corrected chi connectivity index (χ4v) is 3.40. The van der Waals surface area contributed by atoms with E-state index in [-0.39, 0.29) is 17.7 Å². The van der Waals surface area contributed by atoms with Crippen molar-refractivity contribution in [1.29, 1.82) is 0 Å². The molecular formula is C18H19FN6O3. The molecule has 4 rings (SSSR count). The molecule has 1 aliphatic heterocycles. The van der Waals surface area contributed by atoms with Crippen LogP contribution in [0.4, 0.5) is 14.9 Å². The molecule has 3 heterocycles. The lowest BCUT2D eigenvalue weighted by atomic mass is 10.2. The lowest BCUT2D eigenvalue weighted by molar-refractivity contribution is 0.189. The van der Waals surface area contributed by atoms with E-state index in [0.29, 0.717) is 24.3 Å². The summed E-state index contributed by atoms with van der Waals surface area (Å²) in [5.41, 5.74) is 7.42. The van der Waals surface area contributed by atoms with E-state index in [1.165, 1.54) is 18.5 Å². The Morgan fingerprint density at radius 2 is 2.29 bits per heavy atom. The Bertz CT molecular complexity index is 1020. The summed E-state index contributed by atoms with van der Waals surface area (Å²) in [6, 6.07) is 5.99. The summed E-state index contributed by atoms with van der Waals surface area (Å²) in [4.78, 5) is 17.1. The summed E-state index contributed by atoms with van der Waals surface area (Å²) in [5, 5.41) is 15.6. The first kappa shape index (κ1) is 18.0. The summed E-state index contributed by atoms with van der Waals surface area (Å²) in [5.74, 6) is -0.320. The molecule has 1 saturated heterocycles. The fourth-order valence-electron chi connectivity index (χ4n) is 3.40. The molecule has 28 heavy (non-hydrogen) atoms. The van der Waals surface area contributed by atoms with Crippen LogP contribution in [0.25, 0.3) is 5.52 Å². The summed E-state index contributed by atoms with van der Waals surface area (Å²) in [6.07, 6.45) is 2.84. The number of rotatable bonds is 5. The van der Waals surface area contributed by atoms with E-state index in [9.17, 15) is 9.18 Å². The van der Waals surface area contributed by atoms with Gasteiger partial charge in [-0.1, -0.05) is 0 Å². The zero-order chi connectivity index (χ0) is 19.7. The number of hydrogen-bond donors (Lipinski definition) is 3. The predicted octanol–water partition coefficient (Wildman–Crippen LogP) is 2.08. The highest BCUT2D eigenvalue weighted by Gasteiger charge is 2.25. The number of likely N-dealkylation sites (tertiary alicyclic amines) is 1. The highest BCUT2D eigenvalue weighted by Crippen LogP contribution is 2.30. The minimum absolute atomic E-state index is 0.0221. The van der Waals surface area contributed by atoms with Gasteiger partial charge in [0.1, 0.15) is 11.8 Å². The third-order valence-electron chi connectivity index (χ3n) is 4.66. The van der Waals surface area contributed by atoms with Crippen molar-refractivity contribution in [3.63, 3.8) is 0 Å². The van der Waals surface area contributed by atoms with Crippen molar-refractivity contribution < 1.29 is 19.0 Å². The Morgan fingerprint density at radius 1 is 1.43 bits per heavy atom. The second kappa shape index (κ2) is 7.31. The van der Waals surface area contributed by atoms with Crippen LogP contribution in [0.15, 0.2) is 36.8 Å². The van der Waals surface area contributed by atoms with Crippen molar-refractivity contribution in [2.45, 2.75) is 19.0 Å². The van der Waals surface area contributed by atoms with Crippen LogP contribution in [-0.4, -0.2) is 49.8 Å². The van der Waals surface area contributed by atoms with Crippen molar-refractivity contribution in [3.8, 4) is 11.6 Å². The smallest absolute Gasteiger partial charge is 0.404 e. The molecule has 10 heteroatoms. The molecule has 146 valence electrons. The van der Waals surface area contributed by atoms with Crippen molar-refractivity contribution in [2.75, 3.05) is 18.8 Å². The third kappa shape index (κ3) is 3.67. The first-order valence-corrected chi connectivity index (χ1v) is 8.75. The summed E-state index contributed by atoms with van der Waals surface area (Å²) in [6.45, 7) is 1.95. The molecular weight excluding hydrogens is 367 g/mol. The van der Waals surface area contributed by atoms with Gasteiger partial charge in [0, 0.05) is 43.6 Å². The number of nitrogens with zero attached hydrogens (tertiary/aromatic N) is 4. The first-order valence-electron chi connectivity index (χ1n) is 8.75. The number of carboxylic acid groups (broad SMARTS) is 1. The van der Waals surface area contributed by atoms with E-state index in [0.717, 1.165) is 18.5 Å². The highest BCUT2D eigenvalue weighted by atomic mass is 19.1. The minimum atomic E-state index is -1.02. The Hall–Kier alpha value is -3.40. The number of halogens is 1. The molecule has 1 aromatic carbocycles. The molecule has 3 aromatic rings. The topological polar surface area (TPSA) is 118 Å². The van der Waals surface area contributed by atoms with Gasteiger partial charge in [-0.3, -0.25) is 4.90 Å². The van der Waals surface area contributed by atoms with Crippen molar-refractivity contribution in [3.05, 3.63) is 48.2 Å². The van der Waals surface area contributed by atoms with Crippen LogP contribution in [0.2, 0.25) is 0 Å². The maximum atomic E-state index is 14.1. The molecule has 2 aromatic heterocycles. The maximum absolute atomic E-state index is 14.1. The number of nitrogens with two attached hydrogens (primary N) is 1. The number of nitrogens with one attached hydrogen (secondary N) is 1. The van der Waals surface area contributed by atoms with Gasteiger partial charge >= 0.3 is 6.09 Å². The van der Waals surface area contributed by atoms with Gasteiger partial charge in [-0.25, -0.2) is 13.7 Å². The molecule has 1 fully saturated rings. The van der Waals surface area contributed by atoms with Gasteiger partial charge in [-0.05, 0) is 30.2 Å². The van der Waals surface area contributed by atoms with Gasteiger partial charge in [0.2, 0.25) is 5.88 Å². The molecule has 1 atom stereocenters. The Balaban J connectivity index is 1.58. The molecule has 0 spiro atoms. The quantitative estimate of drug-likeness (QED) is 0.575. The number of aromatic nitrogens is 3. The van der Waals surface area contributed by atoms with Crippen molar-refractivity contribution >= 4 is 17.3 Å². The van der Waals surface area contributed by atoms with Crippen LogP contribution in [0, 0.1) is 5.82 Å². The van der Waals surface area contributed by atoms with Crippen LogP contribution >= 0.6 is 0 Å². The second-order valence-electron chi connectivity index (χ2n) is 6.66. The van der Waals surface area contributed by atoms with Gasteiger partial charge in [0.25, 0.3) is 0 Å². The molecule has 0 saturated carbocycles. The highest BCUT2D eigenvalue weighted by molar-refractivity contribution is 5.65. The molecule has 0 aliphatic carbocycles. The van der Waals surface area contributed by atoms with E-state index in [1.54, 1.807) is 16.8 Å². The van der Waals surface area contributed by atoms with Gasteiger partial charge in [-0.15, -0.1) is 0 Å². The Labute approximate surface area is 159 Å². The Kier molecular flexibility index (Phi) is 4.70. The van der Waals surface area contributed by atoms with Crippen molar-refractivity contribution in [2.24, 2.45) is 0 Å². The van der Waals surface area contributed by atoms with Gasteiger partial charge in [0.05, 0.1) is 0 Å². The third-order valence-corrected chi connectivity index (χ3v) is 4.66. The predicted molar refractivity (Wildman–Crippen MR) is 98.7 cm³/mol. The lowest BCUT2D eigenvalue weighted by Gasteiger charge is -2.16. The Morgan fingerprint density at radius 3 is 3.07 bits per heavy atom. The number of fused-ring (bicyclic) bond motifs is 1. The monoisotopic (exact) mass is 386 g/mol. The van der Waals surface area contributed by atoms with E-state index < -0.39 is 11.9 Å². The van der Waals surface area contributed by atoms with Crippen LogP contribution in [0.3, 0.4) is 0 Å². The molecule has 1 aliphatic rings. The molecule has 9 nitrogen and oxygen atoms in total. The summed E-state index contributed by atoms with van der Waals surface area (Å²) < 4.78 is 21.4. The number of hydrogen-bond acceptors (Lipinski definition) is 6. The normalized spacial score (nSPS) is 17.1. The molecule has 4 N–H and O–H groups in total. The van der Waals surface area contributed by atoms with Crippen LogP contribution in [-0.2, 0) is 6.54 Å². The van der Waals surface area contributed by atoms with Gasteiger partial charge < -0.3 is 20.9 Å². The van der Waals surface area contributed by atoms with E-state index in [1.807, 2.05) is 6.07 Å². The minimum Gasteiger partial charge on any atom is -0.465 e. The van der Waals surface area contributed by atoms with Crippen LogP contribution < -0.4 is 15.8 Å². The zero-order valence-electron chi connectivity index (χ0n) is 14.9. The summed E-state index contributed by atoms with van der Waals surface area (Å²) >= 11 is 0. The molecule has 1 unspecified atom stereocenters. The largest absolute Gasteiger partial charge is 0.465 e. The van der Waals surface area contributed by atoms with Gasteiger partial charge in [-0.2, -0.15) is 10.1 Å². The maximum Gasteiger partial charge on any atom is 0.404 e. The van der Waals surface area contributed by atoms with E-state index in [4.69, 9.17) is 15.6 Å². The zero-order valence-corrected chi connectivity index (χ0v) is 14.9. The number of anilines is 1. The van der Waals surface area contributed by atoms with E-state index in [2.05, 4.69) is 20.3 Å². The lowest BCUT2D eigenvalue weighted by Crippen LogP contribution is -2.35. The fraction of sp³-hybridized carbons (Fsp3) is 0.278. The standard InChI is InChI=1S/C18H19FN6O3/c19-14-7-12(20)1-2-15(14)28-17-16-11(3-6-25(16)22-10-21-17)8-24-5-4-13(9-24)23-18(26)27/h1-3,6-7,10,13,23H,4-5,8-9,20H2,(H,26,27). The van der Waals surface area contributed by atoms with Crippen LogP contribution in [0.1, 0.15) is 12.0 Å². The van der Waals surface area contributed by atoms with Crippen molar-refractivity contribution in [1.82, 2.24) is 24.8 Å². The number of carbonyl (C=O) groups is 1. The number of nitrogen functional groups attached to an aromatic ring is 1. The molecule has 0 radical (unpaired) electrons. The SMILES string of the molecule is Nc1ccc(Oc2ncnn3ccc(CN4CCC(NC(=O)O)C4)c23)c(F)c1. The number of benzene rings is 1. The number of amides is 1. The second-order valence-corrected chi connectivity index (χ2v) is 6.66. The van der Waals surface area contributed by atoms with Crippen LogP contribution in [0.5, 0.6) is 11.6 Å². The molecule has 1 amide bonds. The number of ether oxygens (including phenoxy) is 1. The van der Waals surface area contributed by atoms with Gasteiger partial charge in [0.15, 0.2) is 11.6 Å². The average molecular weight is 386 g/mol. The summed E-state index contributed by atoms with van der Waals surface area (Å²) in [7, 11) is 0. The average Bonchev–Trinajstić information content (AvgIpc) is 3.25. The molecule has 0 bridgehead atoms.